The number of piperidine rings is 1. The second-order valence-corrected chi connectivity index (χ2v) is 12.0. The SMILES string of the molecule is CCC(CC(O)(C1CC1)C(F)(F)F)N1C(=O)C(C)(CC(=O)O)CC(c2cccc(Cl)c2)C1c1ccc(Cl)cc1. The summed E-state index contributed by atoms with van der Waals surface area (Å²) in [6, 6.07) is 12.0. The van der Waals surface area contributed by atoms with E-state index < -0.39 is 65.8 Å². The molecular weight excluding hydrogens is 554 g/mol. The molecule has 0 bridgehead atoms. The number of amides is 1. The number of halogens is 5. The molecule has 2 fully saturated rings. The van der Waals surface area contributed by atoms with Crippen LogP contribution in [0.25, 0.3) is 0 Å². The summed E-state index contributed by atoms with van der Waals surface area (Å²) in [6.45, 7) is 3.23. The highest BCUT2D eigenvalue weighted by atomic mass is 35.5. The average Bonchev–Trinajstić information content (AvgIpc) is 3.70. The molecule has 1 saturated carbocycles. The van der Waals surface area contributed by atoms with Gasteiger partial charge in [0, 0.05) is 28.4 Å². The summed E-state index contributed by atoms with van der Waals surface area (Å²) in [4.78, 5) is 27.6. The largest absolute Gasteiger partial charge is 0.481 e. The maximum Gasteiger partial charge on any atom is 0.417 e. The second-order valence-electron chi connectivity index (χ2n) is 11.2. The Morgan fingerprint density at radius 1 is 1.10 bits per heavy atom. The van der Waals surface area contributed by atoms with Crippen LogP contribution in [0.5, 0.6) is 0 Å². The summed E-state index contributed by atoms with van der Waals surface area (Å²) in [5.41, 5.74) is -2.97. The van der Waals surface area contributed by atoms with E-state index in [1.807, 2.05) is 6.07 Å². The van der Waals surface area contributed by atoms with Gasteiger partial charge in [-0.05, 0) is 67.0 Å². The Kier molecular flexibility index (Phi) is 8.33. The standard InChI is InChI=1S/C29H32Cl2F3NO4/c1-3-22(14-28(39,19-9-10-19)29(32,33)34)35-25(17-7-11-20(30)12-8-17)23(18-5-4-6-21(31)13-18)15-27(2,26(35)38)16-24(36)37/h4-8,11-13,19,22-23,25,39H,3,9-10,14-16H2,1-2H3,(H,36,37). The number of aliphatic hydroxyl groups is 1. The van der Waals surface area contributed by atoms with Gasteiger partial charge >= 0.3 is 12.1 Å². The van der Waals surface area contributed by atoms with Gasteiger partial charge in [-0.15, -0.1) is 0 Å². The monoisotopic (exact) mass is 585 g/mol. The van der Waals surface area contributed by atoms with Crippen LogP contribution in [0.2, 0.25) is 10.0 Å². The number of hydrogen-bond acceptors (Lipinski definition) is 3. The Bertz CT molecular complexity index is 1220. The van der Waals surface area contributed by atoms with Crippen LogP contribution in [0.15, 0.2) is 48.5 Å². The number of carboxylic acid groups (broad SMARTS) is 1. The summed E-state index contributed by atoms with van der Waals surface area (Å²) >= 11 is 12.5. The van der Waals surface area contributed by atoms with Crippen LogP contribution in [0.3, 0.4) is 0 Å². The van der Waals surface area contributed by atoms with Crippen molar-refractivity contribution in [3.8, 4) is 0 Å². The van der Waals surface area contributed by atoms with Crippen molar-refractivity contribution in [3.63, 3.8) is 0 Å². The fourth-order valence-electron chi connectivity index (χ4n) is 6.15. The zero-order chi connectivity index (χ0) is 28.8. The van der Waals surface area contributed by atoms with Crippen molar-refractivity contribution in [3.05, 3.63) is 69.7 Å². The summed E-state index contributed by atoms with van der Waals surface area (Å²) in [7, 11) is 0. The Morgan fingerprint density at radius 2 is 1.74 bits per heavy atom. The van der Waals surface area contributed by atoms with Crippen LogP contribution < -0.4 is 0 Å². The molecule has 2 aliphatic rings. The molecule has 0 radical (unpaired) electrons. The van der Waals surface area contributed by atoms with Gasteiger partial charge in [-0.2, -0.15) is 13.2 Å². The Hall–Kier alpha value is -2.29. The van der Waals surface area contributed by atoms with E-state index in [1.165, 1.54) is 4.90 Å². The predicted octanol–water partition coefficient (Wildman–Crippen LogP) is 7.40. The van der Waals surface area contributed by atoms with Gasteiger partial charge in [-0.3, -0.25) is 9.59 Å². The van der Waals surface area contributed by atoms with Crippen molar-refractivity contribution in [2.24, 2.45) is 11.3 Å². The summed E-state index contributed by atoms with van der Waals surface area (Å²) in [5.74, 6) is -3.15. The van der Waals surface area contributed by atoms with Crippen molar-refractivity contribution in [2.45, 2.75) is 82.2 Å². The van der Waals surface area contributed by atoms with Crippen LogP contribution >= 0.6 is 23.2 Å². The molecule has 5 unspecified atom stereocenters. The third kappa shape index (κ3) is 5.93. The number of benzene rings is 2. The zero-order valence-corrected chi connectivity index (χ0v) is 23.2. The zero-order valence-electron chi connectivity index (χ0n) is 21.7. The molecule has 1 saturated heterocycles. The van der Waals surface area contributed by atoms with Crippen molar-refractivity contribution in [1.82, 2.24) is 4.90 Å². The first-order chi connectivity index (χ1) is 18.2. The molecule has 1 heterocycles. The number of alkyl halides is 3. The molecule has 2 aromatic carbocycles. The van der Waals surface area contributed by atoms with Crippen molar-refractivity contribution in [2.75, 3.05) is 0 Å². The number of likely N-dealkylation sites (tertiary alicyclic amines) is 1. The maximum absolute atomic E-state index is 14.3. The highest BCUT2D eigenvalue weighted by Crippen LogP contribution is 2.55. The van der Waals surface area contributed by atoms with Crippen LogP contribution in [0.1, 0.15) is 75.5 Å². The topological polar surface area (TPSA) is 77.8 Å². The van der Waals surface area contributed by atoms with Gasteiger partial charge in [0.15, 0.2) is 5.60 Å². The lowest BCUT2D eigenvalue weighted by molar-refractivity contribution is -0.275. The van der Waals surface area contributed by atoms with E-state index in [9.17, 15) is 33.0 Å². The molecular formula is C29H32Cl2F3NO4. The van der Waals surface area contributed by atoms with E-state index in [2.05, 4.69) is 0 Å². The van der Waals surface area contributed by atoms with Crippen LogP contribution in [0, 0.1) is 11.3 Å². The smallest absolute Gasteiger partial charge is 0.417 e. The molecule has 0 aromatic heterocycles. The molecule has 0 spiro atoms. The van der Waals surface area contributed by atoms with Gasteiger partial charge in [-0.25, -0.2) is 0 Å². The Labute approximate surface area is 235 Å². The van der Waals surface area contributed by atoms with E-state index >= 15 is 0 Å². The Balaban J connectivity index is 1.90. The maximum atomic E-state index is 14.3. The number of carbonyl (C=O) groups is 2. The lowest BCUT2D eigenvalue weighted by Crippen LogP contribution is -2.59. The number of rotatable bonds is 9. The molecule has 39 heavy (non-hydrogen) atoms. The normalized spacial score (nSPS) is 26.3. The number of nitrogens with zero attached hydrogens (tertiary/aromatic N) is 1. The number of aliphatic carboxylic acids is 1. The van der Waals surface area contributed by atoms with Gasteiger partial charge in [-0.1, -0.05) is 61.3 Å². The summed E-state index contributed by atoms with van der Waals surface area (Å²) in [6.07, 6.45) is -5.29. The van der Waals surface area contributed by atoms with Gasteiger partial charge in [0.2, 0.25) is 5.91 Å². The molecule has 1 aliphatic carbocycles. The molecule has 4 rings (SSSR count). The first-order valence-electron chi connectivity index (χ1n) is 13.0. The van der Waals surface area contributed by atoms with E-state index in [0.717, 1.165) is 5.56 Å². The van der Waals surface area contributed by atoms with E-state index in [4.69, 9.17) is 23.2 Å². The third-order valence-corrected chi connectivity index (χ3v) is 8.77. The van der Waals surface area contributed by atoms with Gasteiger partial charge in [0.1, 0.15) is 0 Å². The third-order valence-electron chi connectivity index (χ3n) is 8.29. The molecule has 1 aliphatic heterocycles. The molecule has 10 heteroatoms. The minimum atomic E-state index is -4.88. The molecule has 212 valence electrons. The lowest BCUT2D eigenvalue weighted by atomic mass is 9.66. The van der Waals surface area contributed by atoms with E-state index in [0.29, 0.717) is 15.6 Å². The molecule has 5 nitrogen and oxygen atoms in total. The van der Waals surface area contributed by atoms with Crippen LogP contribution in [-0.4, -0.2) is 44.8 Å². The van der Waals surface area contributed by atoms with Gasteiger partial charge in [0.05, 0.1) is 17.9 Å². The fraction of sp³-hybridized carbons (Fsp3) is 0.517. The fourth-order valence-corrected chi connectivity index (χ4v) is 6.48. The number of hydrogen-bond donors (Lipinski definition) is 2. The quantitative estimate of drug-likeness (QED) is 0.321. The summed E-state index contributed by atoms with van der Waals surface area (Å²) < 4.78 is 42.8. The van der Waals surface area contributed by atoms with Crippen LogP contribution in [0.4, 0.5) is 13.2 Å². The predicted molar refractivity (Wildman–Crippen MR) is 143 cm³/mol. The molecule has 2 N–H and O–H groups in total. The second kappa shape index (κ2) is 10.9. The van der Waals surface area contributed by atoms with E-state index in [-0.39, 0.29) is 25.7 Å². The molecule has 2 aromatic rings. The van der Waals surface area contributed by atoms with Crippen molar-refractivity contribution >= 4 is 35.1 Å². The van der Waals surface area contributed by atoms with Crippen molar-refractivity contribution in [1.29, 1.82) is 0 Å². The highest BCUT2D eigenvalue weighted by Gasteiger charge is 2.63. The van der Waals surface area contributed by atoms with Crippen LogP contribution in [-0.2, 0) is 9.59 Å². The first-order valence-corrected chi connectivity index (χ1v) is 13.8. The average molecular weight is 586 g/mol. The van der Waals surface area contributed by atoms with E-state index in [1.54, 1.807) is 56.3 Å². The minimum absolute atomic E-state index is 0.131. The molecule has 1 amide bonds. The lowest BCUT2D eigenvalue weighted by Gasteiger charge is -2.53. The number of carboxylic acids is 1. The molecule has 5 atom stereocenters. The highest BCUT2D eigenvalue weighted by molar-refractivity contribution is 6.30. The minimum Gasteiger partial charge on any atom is -0.481 e. The number of carbonyl (C=O) groups excluding carboxylic acids is 1. The van der Waals surface area contributed by atoms with Crippen molar-refractivity contribution < 1.29 is 33.0 Å². The first kappa shape index (κ1) is 29.7. The van der Waals surface area contributed by atoms with Gasteiger partial charge < -0.3 is 15.1 Å². The Morgan fingerprint density at radius 3 is 2.26 bits per heavy atom. The van der Waals surface area contributed by atoms with Gasteiger partial charge in [0.25, 0.3) is 0 Å². The summed E-state index contributed by atoms with van der Waals surface area (Å²) in [5, 5.41) is 21.6.